The zero-order valence-electron chi connectivity index (χ0n) is 14.2. The van der Waals surface area contributed by atoms with Crippen LogP contribution in [0.2, 0.25) is 0 Å². The van der Waals surface area contributed by atoms with Crippen LogP contribution in [0.3, 0.4) is 0 Å². The van der Waals surface area contributed by atoms with Crippen LogP contribution in [0.1, 0.15) is 66.7 Å². The van der Waals surface area contributed by atoms with Crippen LogP contribution in [0.15, 0.2) is 5.16 Å². The Hall–Kier alpha value is -0.770. The first kappa shape index (κ1) is 19.2. The Bertz CT molecular complexity index is 273. The van der Waals surface area contributed by atoms with E-state index >= 15 is 0 Å². The summed E-state index contributed by atoms with van der Waals surface area (Å²) in [6.45, 7) is 14.4. The van der Waals surface area contributed by atoms with Gasteiger partial charge in [-0.2, -0.15) is 0 Å². The van der Waals surface area contributed by atoms with Crippen molar-refractivity contribution >= 4 is 5.84 Å². The molecule has 0 aromatic rings. The topological polar surface area (TPSA) is 61.8 Å². The number of unbranched alkanes of at least 4 members (excludes halogenated alkanes) is 1. The van der Waals surface area contributed by atoms with Gasteiger partial charge in [0.2, 0.25) is 0 Å². The summed E-state index contributed by atoms with van der Waals surface area (Å²) in [6.07, 6.45) is 5.79. The first-order chi connectivity index (χ1) is 9.41. The van der Waals surface area contributed by atoms with Crippen molar-refractivity contribution in [1.29, 1.82) is 0 Å². The molecule has 120 valence electrons. The summed E-state index contributed by atoms with van der Waals surface area (Å²) in [7, 11) is 0. The number of nitrogens with zero attached hydrogens (tertiary/aromatic N) is 2. The molecule has 0 spiro atoms. The fourth-order valence-corrected chi connectivity index (χ4v) is 2.46. The maximum Gasteiger partial charge on any atom is 0.144 e. The summed E-state index contributed by atoms with van der Waals surface area (Å²) in [5, 5.41) is 11.9. The molecule has 4 nitrogen and oxygen atoms in total. The summed E-state index contributed by atoms with van der Waals surface area (Å²) in [4.78, 5) is 2.55. The van der Waals surface area contributed by atoms with Gasteiger partial charge in [-0.25, -0.2) is 0 Å². The molecule has 0 aromatic carbocycles. The predicted octanol–water partition coefficient (Wildman–Crippen LogP) is 3.69. The summed E-state index contributed by atoms with van der Waals surface area (Å²) in [6, 6.07) is 0. The molecule has 0 aromatic heterocycles. The number of hydrogen-bond acceptors (Lipinski definition) is 3. The van der Waals surface area contributed by atoms with Crippen LogP contribution in [0.25, 0.3) is 0 Å². The highest BCUT2D eigenvalue weighted by Gasteiger charge is 2.22. The first-order valence-electron chi connectivity index (χ1n) is 8.11. The van der Waals surface area contributed by atoms with E-state index in [4.69, 9.17) is 10.9 Å². The third-order valence-electron chi connectivity index (χ3n) is 4.45. The molecule has 0 saturated carbocycles. The van der Waals surface area contributed by atoms with Gasteiger partial charge in [-0.15, -0.1) is 0 Å². The van der Waals surface area contributed by atoms with E-state index in [9.17, 15) is 0 Å². The zero-order chi connectivity index (χ0) is 15.6. The quantitative estimate of drug-likeness (QED) is 0.200. The van der Waals surface area contributed by atoms with Crippen molar-refractivity contribution in [3.8, 4) is 0 Å². The summed E-state index contributed by atoms with van der Waals surface area (Å²) in [5.74, 6) is 1.16. The molecule has 0 saturated heterocycles. The second-order valence-electron chi connectivity index (χ2n) is 6.40. The van der Waals surface area contributed by atoms with Gasteiger partial charge in [0.1, 0.15) is 5.84 Å². The molecular formula is C16H35N3O. The average Bonchev–Trinajstić information content (AvgIpc) is 2.45. The van der Waals surface area contributed by atoms with E-state index < -0.39 is 0 Å². The highest BCUT2D eigenvalue weighted by Crippen LogP contribution is 2.23. The second-order valence-corrected chi connectivity index (χ2v) is 6.40. The minimum absolute atomic E-state index is 0.207. The van der Waals surface area contributed by atoms with Gasteiger partial charge in [-0.1, -0.05) is 59.0 Å². The molecule has 0 aliphatic carbocycles. The van der Waals surface area contributed by atoms with Crippen LogP contribution in [-0.2, 0) is 0 Å². The van der Waals surface area contributed by atoms with Crippen LogP contribution >= 0.6 is 0 Å². The van der Waals surface area contributed by atoms with E-state index in [1.807, 2.05) is 13.8 Å². The highest BCUT2D eigenvalue weighted by atomic mass is 16.4. The predicted molar refractivity (Wildman–Crippen MR) is 87.2 cm³/mol. The van der Waals surface area contributed by atoms with Crippen molar-refractivity contribution in [2.45, 2.75) is 66.7 Å². The van der Waals surface area contributed by atoms with Crippen LogP contribution in [0.5, 0.6) is 0 Å². The zero-order valence-corrected chi connectivity index (χ0v) is 14.2. The largest absolute Gasteiger partial charge is 0.409 e. The summed E-state index contributed by atoms with van der Waals surface area (Å²) >= 11 is 0. The Labute approximate surface area is 125 Å². The van der Waals surface area contributed by atoms with Gasteiger partial charge in [0.05, 0.1) is 0 Å². The molecule has 0 aliphatic heterocycles. The van der Waals surface area contributed by atoms with Gasteiger partial charge in [0.25, 0.3) is 0 Å². The Morgan fingerprint density at radius 1 is 1.20 bits per heavy atom. The third-order valence-corrected chi connectivity index (χ3v) is 4.45. The van der Waals surface area contributed by atoms with Gasteiger partial charge < -0.3 is 15.8 Å². The lowest BCUT2D eigenvalue weighted by Gasteiger charge is -2.26. The Morgan fingerprint density at radius 2 is 1.80 bits per heavy atom. The smallest absolute Gasteiger partial charge is 0.144 e. The number of rotatable bonds is 11. The average molecular weight is 285 g/mol. The van der Waals surface area contributed by atoms with E-state index in [1.54, 1.807) is 0 Å². The van der Waals surface area contributed by atoms with Crippen LogP contribution in [0, 0.1) is 11.3 Å². The summed E-state index contributed by atoms with van der Waals surface area (Å²) in [5.41, 5.74) is 5.50. The van der Waals surface area contributed by atoms with Crippen molar-refractivity contribution in [1.82, 2.24) is 4.90 Å². The second kappa shape index (κ2) is 10.0. The van der Waals surface area contributed by atoms with Crippen molar-refractivity contribution < 1.29 is 5.21 Å². The lowest BCUT2D eigenvalue weighted by molar-refractivity contribution is 0.226. The normalized spacial score (nSPS) is 13.4. The van der Waals surface area contributed by atoms with Crippen molar-refractivity contribution in [2.24, 2.45) is 22.2 Å². The fourth-order valence-electron chi connectivity index (χ4n) is 2.46. The maximum absolute atomic E-state index is 8.76. The number of oxime groups is 1. The summed E-state index contributed by atoms with van der Waals surface area (Å²) < 4.78 is 0. The maximum atomic E-state index is 8.76. The Kier molecular flexibility index (Phi) is 9.64. The van der Waals surface area contributed by atoms with E-state index in [2.05, 4.69) is 30.8 Å². The molecular weight excluding hydrogens is 250 g/mol. The van der Waals surface area contributed by atoms with Crippen molar-refractivity contribution in [2.75, 3.05) is 19.6 Å². The minimum Gasteiger partial charge on any atom is -0.409 e. The Balaban J connectivity index is 4.03. The lowest BCUT2D eigenvalue weighted by atomic mass is 9.86. The first-order valence-corrected chi connectivity index (χ1v) is 8.11. The van der Waals surface area contributed by atoms with Crippen molar-refractivity contribution in [3.05, 3.63) is 0 Å². The molecule has 0 unspecified atom stereocenters. The monoisotopic (exact) mass is 285 g/mol. The minimum atomic E-state index is -0.207. The number of amidine groups is 1. The van der Waals surface area contributed by atoms with Crippen LogP contribution < -0.4 is 5.73 Å². The standard InChI is InChI=1S/C16H35N3O/c1-6-14(7-2)13-19(8-3)12-10-9-11-16(4,5)15(17)18-20/h14,20H,6-13H2,1-5H3,(H2,17,18). The fraction of sp³-hybridized carbons (Fsp3) is 0.938. The van der Waals surface area contributed by atoms with Gasteiger partial charge in [0, 0.05) is 12.0 Å². The molecule has 0 amide bonds. The van der Waals surface area contributed by atoms with Crippen LogP contribution in [-0.4, -0.2) is 35.6 Å². The molecule has 0 aliphatic rings. The molecule has 0 radical (unpaired) electrons. The molecule has 0 bridgehead atoms. The number of nitrogens with two attached hydrogens (primary N) is 1. The molecule has 0 rings (SSSR count). The molecule has 0 fully saturated rings. The number of hydrogen-bond donors (Lipinski definition) is 2. The van der Waals surface area contributed by atoms with E-state index in [0.29, 0.717) is 5.84 Å². The van der Waals surface area contributed by atoms with Gasteiger partial charge >= 0.3 is 0 Å². The molecule has 4 heteroatoms. The highest BCUT2D eigenvalue weighted by molar-refractivity contribution is 5.85. The van der Waals surface area contributed by atoms with Crippen molar-refractivity contribution in [3.63, 3.8) is 0 Å². The lowest BCUT2D eigenvalue weighted by Crippen LogP contribution is -2.33. The third kappa shape index (κ3) is 7.13. The molecule has 20 heavy (non-hydrogen) atoms. The molecule has 3 N–H and O–H groups in total. The van der Waals surface area contributed by atoms with E-state index in [0.717, 1.165) is 31.8 Å². The van der Waals surface area contributed by atoms with Crippen LogP contribution in [0.4, 0.5) is 0 Å². The van der Waals surface area contributed by atoms with Gasteiger partial charge in [0.15, 0.2) is 0 Å². The Morgan fingerprint density at radius 3 is 2.25 bits per heavy atom. The SMILES string of the molecule is CCC(CC)CN(CC)CCCCC(C)(C)C(N)=NO. The van der Waals surface area contributed by atoms with Gasteiger partial charge in [-0.05, 0) is 31.8 Å². The van der Waals surface area contributed by atoms with E-state index in [1.165, 1.54) is 25.8 Å². The molecule has 0 atom stereocenters. The van der Waals surface area contributed by atoms with E-state index in [-0.39, 0.29) is 5.41 Å². The molecule has 0 heterocycles. The van der Waals surface area contributed by atoms with Gasteiger partial charge in [-0.3, -0.25) is 0 Å².